The van der Waals surface area contributed by atoms with Gasteiger partial charge in [-0.15, -0.1) is 0 Å². The molecule has 2 N–H and O–H groups in total. The summed E-state index contributed by atoms with van der Waals surface area (Å²) in [5.41, 5.74) is 1.70. The van der Waals surface area contributed by atoms with Crippen LogP contribution in [0.3, 0.4) is 0 Å². The number of methoxy groups -OCH3 is 1. The molecule has 3 atom stereocenters. The van der Waals surface area contributed by atoms with Crippen LogP contribution in [0.15, 0.2) is 30.5 Å². The Kier molecular flexibility index (Phi) is 8.50. The predicted molar refractivity (Wildman–Crippen MR) is 133 cm³/mol. The van der Waals surface area contributed by atoms with Gasteiger partial charge in [-0.25, -0.2) is 0 Å². The zero-order valence-corrected chi connectivity index (χ0v) is 20.3. The molecule has 1 saturated carbocycles. The summed E-state index contributed by atoms with van der Waals surface area (Å²) < 4.78 is 5.35. The van der Waals surface area contributed by atoms with Crippen molar-refractivity contribution >= 4 is 28.6 Å². The molecule has 2 heterocycles. The maximum atomic E-state index is 11.5. The highest BCUT2D eigenvalue weighted by Gasteiger charge is 2.31. The van der Waals surface area contributed by atoms with Crippen molar-refractivity contribution in [3.05, 3.63) is 36.0 Å². The Hall–Kier alpha value is -1.83. The van der Waals surface area contributed by atoms with E-state index in [0.29, 0.717) is 12.3 Å². The standard InChI is InChI=1S/C26H36N2O4S/c1-32-20-4-7-24-23(16-20)22(9-11-27-24)25(29)8-3-18-10-13-28(17-19(18)15-26(30)31)12-2-14-33-21-5-6-21/h4,7,9,11,16,18-19,21,25,29H,2-3,5-6,8,10,12-15,17H2,1H3,(H,30,31)/t18-,19+,25-/m1/s1. The molecule has 0 spiro atoms. The van der Waals surface area contributed by atoms with E-state index in [9.17, 15) is 15.0 Å². The number of piperidine rings is 1. The van der Waals surface area contributed by atoms with Crippen LogP contribution in [0.1, 0.15) is 56.6 Å². The van der Waals surface area contributed by atoms with E-state index >= 15 is 0 Å². The minimum atomic E-state index is -0.719. The molecule has 33 heavy (non-hydrogen) atoms. The fraction of sp³-hybridized carbons (Fsp3) is 0.615. The number of nitrogens with zero attached hydrogens (tertiary/aromatic N) is 2. The molecule has 1 aromatic carbocycles. The summed E-state index contributed by atoms with van der Waals surface area (Å²) in [7, 11) is 1.63. The van der Waals surface area contributed by atoms with Crippen molar-refractivity contribution in [2.75, 3.05) is 32.5 Å². The van der Waals surface area contributed by atoms with Crippen molar-refractivity contribution in [1.29, 1.82) is 0 Å². The maximum absolute atomic E-state index is 11.5. The van der Waals surface area contributed by atoms with Gasteiger partial charge in [0.25, 0.3) is 0 Å². The second-order valence-electron chi connectivity index (χ2n) is 9.51. The molecule has 1 saturated heterocycles. The predicted octanol–water partition coefficient (Wildman–Crippen LogP) is 4.76. The lowest BCUT2D eigenvalue weighted by atomic mass is 9.79. The van der Waals surface area contributed by atoms with Crippen molar-refractivity contribution < 1.29 is 19.7 Å². The summed E-state index contributed by atoms with van der Waals surface area (Å²) in [4.78, 5) is 18.4. The number of fused-ring (bicyclic) bond motifs is 1. The van der Waals surface area contributed by atoms with Crippen LogP contribution < -0.4 is 4.74 Å². The summed E-state index contributed by atoms with van der Waals surface area (Å²) in [6, 6.07) is 7.59. The number of carboxylic acid groups (broad SMARTS) is 1. The van der Waals surface area contributed by atoms with Gasteiger partial charge in [-0.2, -0.15) is 11.8 Å². The number of likely N-dealkylation sites (tertiary alicyclic amines) is 1. The highest BCUT2D eigenvalue weighted by Crippen LogP contribution is 2.36. The third-order valence-corrected chi connectivity index (χ3v) is 8.53. The number of aliphatic hydroxyl groups is 1. The quantitative estimate of drug-likeness (QED) is 0.431. The Bertz CT molecular complexity index is 936. The molecular weight excluding hydrogens is 436 g/mol. The van der Waals surface area contributed by atoms with Gasteiger partial charge in [0, 0.05) is 29.8 Å². The van der Waals surface area contributed by atoms with Gasteiger partial charge < -0.3 is 19.8 Å². The smallest absolute Gasteiger partial charge is 0.303 e. The van der Waals surface area contributed by atoms with Crippen molar-refractivity contribution in [1.82, 2.24) is 9.88 Å². The zero-order chi connectivity index (χ0) is 23.2. The highest BCUT2D eigenvalue weighted by atomic mass is 32.2. The average molecular weight is 473 g/mol. The lowest BCUT2D eigenvalue weighted by Gasteiger charge is -2.38. The number of benzene rings is 1. The van der Waals surface area contributed by atoms with E-state index in [-0.39, 0.29) is 12.3 Å². The van der Waals surface area contributed by atoms with Gasteiger partial charge in [-0.05, 0) is 99.0 Å². The lowest BCUT2D eigenvalue weighted by Crippen LogP contribution is -2.42. The topological polar surface area (TPSA) is 82.9 Å². The summed E-state index contributed by atoms with van der Waals surface area (Å²) in [5, 5.41) is 22.3. The first-order valence-electron chi connectivity index (χ1n) is 12.2. The Morgan fingerprint density at radius 2 is 2.12 bits per heavy atom. The summed E-state index contributed by atoms with van der Waals surface area (Å²) >= 11 is 2.09. The van der Waals surface area contributed by atoms with Crippen LogP contribution in [0.2, 0.25) is 0 Å². The fourth-order valence-corrected chi connectivity index (χ4v) is 6.16. The van der Waals surface area contributed by atoms with Crippen LogP contribution in [-0.4, -0.2) is 63.8 Å². The molecule has 0 bridgehead atoms. The number of hydrogen-bond donors (Lipinski definition) is 2. The van der Waals surface area contributed by atoms with E-state index in [1.165, 1.54) is 25.0 Å². The molecule has 7 heteroatoms. The number of carbonyl (C=O) groups is 1. The van der Waals surface area contributed by atoms with Gasteiger partial charge in [0.2, 0.25) is 0 Å². The molecule has 0 amide bonds. The number of pyridine rings is 1. The number of hydrogen-bond acceptors (Lipinski definition) is 6. The number of rotatable bonds is 12. The van der Waals surface area contributed by atoms with Gasteiger partial charge in [0.1, 0.15) is 5.75 Å². The van der Waals surface area contributed by atoms with Crippen LogP contribution in [0, 0.1) is 11.8 Å². The molecule has 1 aromatic heterocycles. The van der Waals surface area contributed by atoms with Gasteiger partial charge >= 0.3 is 5.97 Å². The van der Waals surface area contributed by atoms with E-state index in [2.05, 4.69) is 21.6 Å². The minimum absolute atomic E-state index is 0.147. The molecule has 0 radical (unpaired) electrons. The van der Waals surface area contributed by atoms with Crippen molar-refractivity contribution in [2.45, 2.75) is 56.3 Å². The van der Waals surface area contributed by atoms with E-state index in [4.69, 9.17) is 4.74 Å². The number of carboxylic acids is 1. The van der Waals surface area contributed by atoms with Crippen LogP contribution in [0.5, 0.6) is 5.75 Å². The largest absolute Gasteiger partial charge is 0.497 e. The average Bonchev–Trinajstić information content (AvgIpc) is 3.64. The third-order valence-electron chi connectivity index (χ3n) is 7.06. The Morgan fingerprint density at radius 1 is 1.27 bits per heavy atom. The lowest BCUT2D eigenvalue weighted by molar-refractivity contribution is -0.139. The third kappa shape index (κ3) is 6.84. The summed E-state index contributed by atoms with van der Waals surface area (Å²) in [6.45, 7) is 2.95. The molecule has 6 nitrogen and oxygen atoms in total. The van der Waals surface area contributed by atoms with Gasteiger partial charge in [0.05, 0.1) is 18.7 Å². The second-order valence-corrected chi connectivity index (χ2v) is 10.9. The fourth-order valence-electron chi connectivity index (χ4n) is 5.06. The summed E-state index contributed by atoms with van der Waals surface area (Å²) in [6.07, 6.45) is 7.74. The molecule has 1 aliphatic carbocycles. The van der Waals surface area contributed by atoms with Crippen molar-refractivity contribution in [2.24, 2.45) is 11.8 Å². The van der Waals surface area contributed by atoms with Crippen molar-refractivity contribution in [3.63, 3.8) is 0 Å². The van der Waals surface area contributed by atoms with Crippen LogP contribution in [0.25, 0.3) is 10.9 Å². The summed E-state index contributed by atoms with van der Waals surface area (Å²) in [5.74, 6) is 1.71. The van der Waals surface area contributed by atoms with Crippen LogP contribution in [0.4, 0.5) is 0 Å². The number of aromatic nitrogens is 1. The van der Waals surface area contributed by atoms with E-state index < -0.39 is 12.1 Å². The number of ether oxygens (including phenoxy) is 1. The Labute approximate surface area is 200 Å². The molecule has 2 aliphatic rings. The second kappa shape index (κ2) is 11.5. The Balaban J connectivity index is 1.34. The normalized spacial score (nSPS) is 22.4. The highest BCUT2D eigenvalue weighted by molar-refractivity contribution is 8.00. The van der Waals surface area contributed by atoms with Crippen LogP contribution >= 0.6 is 11.8 Å². The van der Waals surface area contributed by atoms with Gasteiger partial charge in [0.15, 0.2) is 0 Å². The van der Waals surface area contributed by atoms with Gasteiger partial charge in [-0.1, -0.05) is 0 Å². The number of thioether (sulfide) groups is 1. The molecule has 4 rings (SSSR count). The van der Waals surface area contributed by atoms with Crippen LogP contribution in [-0.2, 0) is 4.79 Å². The SMILES string of the molecule is COc1ccc2nccc([C@H](O)CC[C@@H]3CCN(CCCSC4CC4)C[C@@H]3CC(=O)O)c2c1. The molecule has 180 valence electrons. The van der Waals surface area contributed by atoms with E-state index in [0.717, 1.165) is 59.9 Å². The van der Waals surface area contributed by atoms with E-state index in [1.807, 2.05) is 24.3 Å². The monoisotopic (exact) mass is 472 g/mol. The maximum Gasteiger partial charge on any atom is 0.303 e. The van der Waals surface area contributed by atoms with Crippen molar-refractivity contribution in [3.8, 4) is 5.75 Å². The molecule has 0 unspecified atom stereocenters. The molecule has 1 aliphatic heterocycles. The Morgan fingerprint density at radius 3 is 2.88 bits per heavy atom. The number of aliphatic carboxylic acids is 1. The number of aliphatic hydroxyl groups excluding tert-OH is 1. The molecule has 2 aromatic rings. The first kappa shape index (κ1) is 24.3. The zero-order valence-electron chi connectivity index (χ0n) is 19.5. The molecular formula is C26H36N2O4S. The first-order chi connectivity index (χ1) is 16.0. The molecule has 2 fully saturated rings. The first-order valence-corrected chi connectivity index (χ1v) is 13.2. The minimum Gasteiger partial charge on any atom is -0.497 e. The van der Waals surface area contributed by atoms with E-state index in [1.54, 1.807) is 13.3 Å². The van der Waals surface area contributed by atoms with Gasteiger partial charge in [-0.3, -0.25) is 9.78 Å².